The van der Waals surface area contributed by atoms with E-state index in [1.165, 1.54) is 11.8 Å². The van der Waals surface area contributed by atoms with Gasteiger partial charge >= 0.3 is 12.1 Å². The Balaban J connectivity index is 4.21. The van der Waals surface area contributed by atoms with E-state index in [0.29, 0.717) is 0 Å². The predicted octanol–water partition coefficient (Wildman–Crippen LogP) is 0.779. The van der Waals surface area contributed by atoms with Crippen molar-refractivity contribution >= 4 is 12.1 Å². The van der Waals surface area contributed by atoms with Crippen molar-refractivity contribution in [3.63, 3.8) is 0 Å². The van der Waals surface area contributed by atoms with Crippen molar-refractivity contribution in [2.75, 3.05) is 26.3 Å². The number of carbonyl (C=O) groups is 2. The van der Waals surface area contributed by atoms with E-state index >= 15 is 0 Å². The molecule has 17 heavy (non-hydrogen) atoms. The topological polar surface area (TPSA) is 76.1 Å². The first-order valence-corrected chi connectivity index (χ1v) is 5.48. The molecule has 6 nitrogen and oxygen atoms in total. The Hall–Kier alpha value is -1.30. The highest BCUT2D eigenvalue weighted by atomic mass is 16.6. The molecule has 1 amide bonds. The maximum Gasteiger partial charge on any atom is 0.410 e. The van der Waals surface area contributed by atoms with Crippen LogP contribution in [0.2, 0.25) is 0 Å². The van der Waals surface area contributed by atoms with Crippen LogP contribution in [-0.4, -0.2) is 54.0 Å². The monoisotopic (exact) mass is 247 g/mol. The molecule has 0 aromatic carbocycles. The fourth-order valence-electron chi connectivity index (χ4n) is 1.04. The summed E-state index contributed by atoms with van der Waals surface area (Å²) < 4.78 is 9.87. The number of esters is 1. The summed E-state index contributed by atoms with van der Waals surface area (Å²) in [5.74, 6) is -0.405. The molecule has 0 bridgehead atoms. The normalized spacial score (nSPS) is 10.9. The van der Waals surface area contributed by atoms with E-state index in [1.54, 1.807) is 20.8 Å². The average molecular weight is 247 g/mol. The van der Waals surface area contributed by atoms with Gasteiger partial charge in [-0.05, 0) is 20.8 Å². The molecule has 0 unspecified atom stereocenters. The van der Waals surface area contributed by atoms with Crippen LogP contribution in [0.25, 0.3) is 0 Å². The zero-order chi connectivity index (χ0) is 13.5. The second-order valence-corrected chi connectivity index (χ2v) is 4.53. The van der Waals surface area contributed by atoms with E-state index < -0.39 is 17.7 Å². The van der Waals surface area contributed by atoms with Gasteiger partial charge < -0.3 is 19.5 Å². The fourth-order valence-corrected chi connectivity index (χ4v) is 1.04. The van der Waals surface area contributed by atoms with E-state index in [4.69, 9.17) is 14.6 Å². The minimum atomic E-state index is -0.591. The Kier molecular flexibility index (Phi) is 6.57. The first kappa shape index (κ1) is 15.7. The lowest BCUT2D eigenvalue weighted by molar-refractivity contribution is -0.141. The van der Waals surface area contributed by atoms with Crippen molar-refractivity contribution in [1.29, 1.82) is 0 Å². The largest absolute Gasteiger partial charge is 0.464 e. The summed E-state index contributed by atoms with van der Waals surface area (Å²) in [6.07, 6.45) is -0.529. The van der Waals surface area contributed by atoms with E-state index in [9.17, 15) is 9.59 Å². The lowest BCUT2D eigenvalue weighted by atomic mass is 10.2. The molecule has 0 fully saturated rings. The first-order valence-electron chi connectivity index (χ1n) is 5.48. The molecule has 0 heterocycles. The Morgan fingerprint density at radius 1 is 1.24 bits per heavy atom. The minimum absolute atomic E-state index is 0.0918. The highest BCUT2D eigenvalue weighted by Crippen LogP contribution is 2.09. The van der Waals surface area contributed by atoms with E-state index in [1.807, 2.05) is 0 Å². The van der Waals surface area contributed by atoms with E-state index in [2.05, 4.69) is 0 Å². The number of ether oxygens (including phenoxy) is 2. The molecule has 0 spiro atoms. The van der Waals surface area contributed by atoms with Crippen molar-refractivity contribution in [2.45, 2.75) is 33.3 Å². The third-order valence-electron chi connectivity index (χ3n) is 1.69. The van der Waals surface area contributed by atoms with Crippen LogP contribution in [0.1, 0.15) is 27.7 Å². The van der Waals surface area contributed by atoms with Crippen LogP contribution in [0.3, 0.4) is 0 Å². The van der Waals surface area contributed by atoms with Crippen LogP contribution in [0.15, 0.2) is 0 Å². The van der Waals surface area contributed by atoms with Gasteiger partial charge in [0.05, 0.1) is 13.2 Å². The number of hydrogen-bond acceptors (Lipinski definition) is 5. The van der Waals surface area contributed by atoms with Crippen LogP contribution in [-0.2, 0) is 14.3 Å². The lowest BCUT2D eigenvalue weighted by Gasteiger charge is -2.26. The maximum atomic E-state index is 11.7. The second-order valence-electron chi connectivity index (χ2n) is 4.53. The van der Waals surface area contributed by atoms with E-state index in [-0.39, 0.29) is 26.3 Å². The molecule has 0 aliphatic heterocycles. The summed E-state index contributed by atoms with van der Waals surface area (Å²) in [7, 11) is 0. The van der Waals surface area contributed by atoms with Gasteiger partial charge in [0.25, 0.3) is 0 Å². The van der Waals surface area contributed by atoms with Crippen molar-refractivity contribution in [3.05, 3.63) is 0 Å². The molecule has 0 atom stereocenters. The van der Waals surface area contributed by atoms with Gasteiger partial charge in [0, 0.05) is 13.5 Å². The van der Waals surface area contributed by atoms with Crippen LogP contribution < -0.4 is 0 Å². The van der Waals surface area contributed by atoms with Gasteiger partial charge in [-0.25, -0.2) is 4.79 Å². The van der Waals surface area contributed by atoms with Crippen LogP contribution >= 0.6 is 0 Å². The predicted molar refractivity (Wildman–Crippen MR) is 61.5 cm³/mol. The third-order valence-corrected chi connectivity index (χ3v) is 1.69. The molecule has 0 saturated carbocycles. The van der Waals surface area contributed by atoms with Crippen molar-refractivity contribution < 1.29 is 24.2 Å². The average Bonchev–Trinajstić information content (AvgIpc) is 2.13. The van der Waals surface area contributed by atoms with Gasteiger partial charge in [0.1, 0.15) is 12.2 Å². The first-order chi connectivity index (χ1) is 7.76. The zero-order valence-corrected chi connectivity index (χ0v) is 10.9. The number of aliphatic hydroxyl groups excluding tert-OH is 1. The maximum absolute atomic E-state index is 11.7. The van der Waals surface area contributed by atoms with Crippen molar-refractivity contribution in [2.24, 2.45) is 0 Å². The highest BCUT2D eigenvalue weighted by molar-refractivity contribution is 5.68. The van der Waals surface area contributed by atoms with Gasteiger partial charge in [0.2, 0.25) is 0 Å². The van der Waals surface area contributed by atoms with Crippen LogP contribution in [0.4, 0.5) is 4.79 Å². The van der Waals surface area contributed by atoms with Gasteiger partial charge in [0.15, 0.2) is 0 Å². The summed E-state index contributed by atoms with van der Waals surface area (Å²) in [5, 5.41) is 8.84. The summed E-state index contributed by atoms with van der Waals surface area (Å²) in [4.78, 5) is 23.6. The number of amides is 1. The molecular weight excluding hydrogens is 226 g/mol. The summed E-state index contributed by atoms with van der Waals surface area (Å²) in [6.45, 7) is 6.85. The molecule has 0 aliphatic carbocycles. The van der Waals surface area contributed by atoms with Gasteiger partial charge in [-0.3, -0.25) is 4.79 Å². The van der Waals surface area contributed by atoms with Crippen LogP contribution in [0.5, 0.6) is 0 Å². The quantitative estimate of drug-likeness (QED) is 0.726. The molecule has 100 valence electrons. The fraction of sp³-hybridized carbons (Fsp3) is 0.818. The SMILES string of the molecule is CC(=O)OCCN(CCO)C(=O)OC(C)(C)C. The smallest absolute Gasteiger partial charge is 0.410 e. The minimum Gasteiger partial charge on any atom is -0.464 e. The molecule has 0 aromatic heterocycles. The van der Waals surface area contributed by atoms with Gasteiger partial charge in [-0.1, -0.05) is 0 Å². The molecule has 1 N–H and O–H groups in total. The Morgan fingerprint density at radius 3 is 2.24 bits per heavy atom. The summed E-state index contributed by atoms with van der Waals surface area (Å²) >= 11 is 0. The molecule has 0 saturated heterocycles. The van der Waals surface area contributed by atoms with Gasteiger partial charge in [-0.15, -0.1) is 0 Å². The van der Waals surface area contributed by atoms with Gasteiger partial charge in [-0.2, -0.15) is 0 Å². The van der Waals surface area contributed by atoms with E-state index in [0.717, 1.165) is 0 Å². The highest BCUT2D eigenvalue weighted by Gasteiger charge is 2.21. The van der Waals surface area contributed by atoms with Crippen molar-refractivity contribution in [3.8, 4) is 0 Å². The number of aliphatic hydroxyl groups is 1. The standard InChI is InChI=1S/C11H21NO5/c1-9(14)16-8-6-12(5-7-13)10(15)17-11(2,3)4/h13H,5-8H2,1-4H3. The van der Waals surface area contributed by atoms with Crippen LogP contribution in [0, 0.1) is 0 Å². The Labute approximate surface area is 101 Å². The molecule has 0 radical (unpaired) electrons. The number of carbonyl (C=O) groups excluding carboxylic acids is 2. The molecule has 6 heteroatoms. The number of nitrogens with zero attached hydrogens (tertiary/aromatic N) is 1. The Morgan fingerprint density at radius 2 is 1.82 bits per heavy atom. The van der Waals surface area contributed by atoms with Crippen molar-refractivity contribution in [1.82, 2.24) is 4.90 Å². The third kappa shape index (κ3) is 8.50. The molecular formula is C11H21NO5. The second kappa shape index (κ2) is 7.11. The zero-order valence-electron chi connectivity index (χ0n) is 10.9. The number of hydrogen-bond donors (Lipinski definition) is 1. The number of rotatable bonds is 5. The molecule has 0 aromatic rings. The summed E-state index contributed by atoms with van der Waals surface area (Å²) in [5.41, 5.74) is -0.591. The Bertz CT molecular complexity index is 259. The molecule has 0 rings (SSSR count). The molecule has 0 aliphatic rings. The lowest BCUT2D eigenvalue weighted by Crippen LogP contribution is -2.40. The summed E-state index contributed by atoms with van der Waals surface area (Å²) in [6, 6.07) is 0.